The smallest absolute Gasteiger partial charge is 0.416 e. The van der Waals surface area contributed by atoms with Gasteiger partial charge in [-0.15, -0.1) is 10.2 Å². The Morgan fingerprint density at radius 1 is 1.08 bits per heavy atom. The van der Waals surface area contributed by atoms with E-state index in [1.54, 1.807) is 0 Å². The van der Waals surface area contributed by atoms with Crippen LogP contribution in [-0.4, -0.2) is 49.0 Å². The first-order valence-electron chi connectivity index (χ1n) is 12.8. The number of rotatable bonds is 7. The zero-order valence-electron chi connectivity index (χ0n) is 20.8. The highest BCUT2D eigenvalue weighted by molar-refractivity contribution is 5.30. The fourth-order valence-corrected chi connectivity index (χ4v) is 5.36. The van der Waals surface area contributed by atoms with E-state index in [1.165, 1.54) is 17.7 Å². The van der Waals surface area contributed by atoms with Gasteiger partial charge < -0.3 is 19.1 Å². The number of hydrogen-bond donors (Lipinski definition) is 1. The summed E-state index contributed by atoms with van der Waals surface area (Å²) in [5, 5.41) is 22.5. The number of aromatic nitrogens is 5. The normalized spacial score (nSPS) is 24.8. The van der Waals surface area contributed by atoms with Crippen molar-refractivity contribution >= 4 is 0 Å². The Morgan fingerprint density at radius 2 is 1.86 bits per heavy atom. The van der Waals surface area contributed by atoms with Gasteiger partial charge in [-0.25, -0.2) is 0 Å². The molecule has 0 spiro atoms. The maximum atomic E-state index is 13.0. The van der Waals surface area contributed by atoms with Crippen LogP contribution in [0, 0.1) is 0 Å². The molecule has 200 valence electrons. The van der Waals surface area contributed by atoms with Crippen LogP contribution >= 0.6 is 0 Å². The van der Waals surface area contributed by atoms with Gasteiger partial charge in [0.05, 0.1) is 37.1 Å². The van der Waals surface area contributed by atoms with Crippen LogP contribution < -0.4 is 4.74 Å². The highest BCUT2D eigenvalue weighted by atomic mass is 19.4. The molecule has 1 saturated heterocycles. The molecule has 2 aromatic heterocycles. The Labute approximate surface area is 213 Å². The minimum Gasteiger partial charge on any atom is -0.486 e. The Bertz CT molecular complexity index is 1180. The molecule has 1 saturated carbocycles. The Balaban J connectivity index is 1.15. The highest BCUT2D eigenvalue weighted by Crippen LogP contribution is 2.40. The fraction of sp³-hybridized carbons (Fsp3) is 0.577. The summed E-state index contributed by atoms with van der Waals surface area (Å²) in [7, 11) is 1.88. The van der Waals surface area contributed by atoms with E-state index < -0.39 is 11.7 Å². The second-order valence-electron chi connectivity index (χ2n) is 10.0. The van der Waals surface area contributed by atoms with Gasteiger partial charge in [0.25, 0.3) is 0 Å². The summed E-state index contributed by atoms with van der Waals surface area (Å²) in [5.74, 6) is 2.32. The van der Waals surface area contributed by atoms with E-state index in [4.69, 9.17) is 9.47 Å². The van der Waals surface area contributed by atoms with Crippen molar-refractivity contribution in [3.63, 3.8) is 0 Å². The van der Waals surface area contributed by atoms with Crippen LogP contribution in [-0.2, 0) is 24.6 Å². The van der Waals surface area contributed by atoms with E-state index in [-0.39, 0.29) is 37.0 Å². The quantitative estimate of drug-likeness (QED) is 0.484. The van der Waals surface area contributed by atoms with Gasteiger partial charge in [0.1, 0.15) is 18.2 Å². The number of halogens is 3. The van der Waals surface area contributed by atoms with Crippen molar-refractivity contribution in [1.82, 2.24) is 24.5 Å². The standard InChI is InChI=1S/C26H32F3N5O3/c1-33-24(16-37-22-4-2-3-20(11-22)26(27,28)29)31-32-25(33)18-7-5-17(6-8-18)19-12-30-34(13-19)21-9-10-23(14-35)36-15-21/h2-4,11-13,17-18,21,23,35H,5-10,14-16H2,1H3/t17-,18-,21-,23+/m1/s1. The van der Waals surface area contributed by atoms with Gasteiger partial charge in [0, 0.05) is 19.2 Å². The number of nitrogens with zero attached hydrogens (tertiary/aromatic N) is 5. The largest absolute Gasteiger partial charge is 0.486 e. The first-order chi connectivity index (χ1) is 17.8. The molecule has 11 heteroatoms. The summed E-state index contributed by atoms with van der Waals surface area (Å²) >= 11 is 0. The molecule has 2 fully saturated rings. The minimum absolute atomic E-state index is 0.0449. The van der Waals surface area contributed by atoms with Crippen molar-refractivity contribution in [3.05, 3.63) is 59.4 Å². The molecular formula is C26H32F3N5O3. The SMILES string of the molecule is Cn1c(COc2cccc(C(F)(F)F)c2)nnc1[C@H]1CC[C@H](c2cnn([C@@H]3CC[C@@H](CO)OC3)c2)CC1. The average Bonchev–Trinajstić information content (AvgIpc) is 3.55. The van der Waals surface area contributed by atoms with E-state index in [9.17, 15) is 18.3 Å². The predicted molar refractivity (Wildman–Crippen MR) is 128 cm³/mol. The molecule has 0 amide bonds. The molecule has 37 heavy (non-hydrogen) atoms. The number of alkyl halides is 3. The van der Waals surface area contributed by atoms with E-state index in [0.29, 0.717) is 18.3 Å². The molecule has 0 radical (unpaired) electrons. The number of hydrogen-bond acceptors (Lipinski definition) is 6. The van der Waals surface area contributed by atoms with Gasteiger partial charge in [-0.2, -0.15) is 18.3 Å². The second kappa shape index (κ2) is 10.8. The van der Waals surface area contributed by atoms with Crippen LogP contribution in [0.15, 0.2) is 36.7 Å². The molecule has 0 bridgehead atoms. The van der Waals surface area contributed by atoms with E-state index in [2.05, 4.69) is 21.5 Å². The summed E-state index contributed by atoms with van der Waals surface area (Å²) in [6, 6.07) is 5.06. The summed E-state index contributed by atoms with van der Waals surface area (Å²) < 4.78 is 54.1. The van der Waals surface area contributed by atoms with Crippen molar-refractivity contribution in [2.75, 3.05) is 13.2 Å². The number of aliphatic hydroxyl groups excluding tert-OH is 1. The zero-order chi connectivity index (χ0) is 26.0. The van der Waals surface area contributed by atoms with Gasteiger partial charge >= 0.3 is 6.18 Å². The lowest BCUT2D eigenvalue weighted by molar-refractivity contribution is -0.137. The summed E-state index contributed by atoms with van der Waals surface area (Å²) in [5.41, 5.74) is 0.504. The molecule has 5 rings (SSSR count). The third-order valence-corrected chi connectivity index (χ3v) is 7.64. The molecule has 1 aliphatic carbocycles. The van der Waals surface area contributed by atoms with Crippen LogP contribution in [0.2, 0.25) is 0 Å². The molecule has 1 aliphatic heterocycles. The lowest BCUT2D eigenvalue weighted by Crippen LogP contribution is -2.30. The molecule has 3 heterocycles. The van der Waals surface area contributed by atoms with Crippen molar-refractivity contribution < 1.29 is 27.8 Å². The van der Waals surface area contributed by atoms with Crippen LogP contribution in [0.25, 0.3) is 0 Å². The van der Waals surface area contributed by atoms with Crippen LogP contribution in [0.1, 0.15) is 79.2 Å². The summed E-state index contributed by atoms with van der Waals surface area (Å²) in [4.78, 5) is 0. The number of benzene rings is 1. The molecular weight excluding hydrogens is 487 g/mol. The van der Waals surface area contributed by atoms with E-state index in [0.717, 1.165) is 56.5 Å². The average molecular weight is 520 g/mol. The van der Waals surface area contributed by atoms with Gasteiger partial charge in [-0.1, -0.05) is 6.07 Å². The van der Waals surface area contributed by atoms with Gasteiger partial charge in [0.2, 0.25) is 0 Å². The lowest BCUT2D eigenvalue weighted by atomic mass is 9.79. The van der Waals surface area contributed by atoms with E-state index >= 15 is 0 Å². The molecule has 0 unspecified atom stereocenters. The van der Waals surface area contributed by atoms with Crippen molar-refractivity contribution in [3.8, 4) is 5.75 Å². The first-order valence-corrected chi connectivity index (χ1v) is 12.8. The van der Waals surface area contributed by atoms with Crippen LogP contribution in [0.3, 0.4) is 0 Å². The van der Waals surface area contributed by atoms with Crippen molar-refractivity contribution in [2.45, 2.75) is 75.3 Å². The Kier molecular flexibility index (Phi) is 7.52. The molecule has 1 N–H and O–H groups in total. The molecule has 8 nitrogen and oxygen atoms in total. The molecule has 3 aromatic rings. The van der Waals surface area contributed by atoms with E-state index in [1.807, 2.05) is 22.5 Å². The van der Waals surface area contributed by atoms with Gasteiger partial charge in [-0.05, 0) is 68.2 Å². The molecule has 1 aromatic carbocycles. The second-order valence-corrected chi connectivity index (χ2v) is 10.0. The molecule has 2 atom stereocenters. The van der Waals surface area contributed by atoms with Crippen LogP contribution in [0.4, 0.5) is 13.2 Å². The minimum atomic E-state index is -4.41. The molecule has 2 aliphatic rings. The monoisotopic (exact) mass is 519 g/mol. The van der Waals surface area contributed by atoms with Crippen LogP contribution in [0.5, 0.6) is 5.75 Å². The zero-order valence-corrected chi connectivity index (χ0v) is 20.8. The van der Waals surface area contributed by atoms with Crippen molar-refractivity contribution in [2.24, 2.45) is 7.05 Å². The fourth-order valence-electron chi connectivity index (χ4n) is 5.36. The Hall–Kier alpha value is -2.92. The lowest BCUT2D eigenvalue weighted by Gasteiger charge is -2.28. The number of aliphatic hydroxyl groups is 1. The van der Waals surface area contributed by atoms with Gasteiger partial charge in [0.15, 0.2) is 5.82 Å². The summed E-state index contributed by atoms with van der Waals surface area (Å²) in [6.45, 7) is 0.685. The van der Waals surface area contributed by atoms with Crippen molar-refractivity contribution in [1.29, 1.82) is 0 Å². The maximum absolute atomic E-state index is 13.0. The maximum Gasteiger partial charge on any atom is 0.416 e. The highest BCUT2D eigenvalue weighted by Gasteiger charge is 2.31. The third-order valence-electron chi connectivity index (χ3n) is 7.64. The predicted octanol–water partition coefficient (Wildman–Crippen LogP) is 4.76. The summed E-state index contributed by atoms with van der Waals surface area (Å²) in [6.07, 6.45) is 5.41. The third kappa shape index (κ3) is 5.82. The number of ether oxygens (including phenoxy) is 2. The van der Waals surface area contributed by atoms with Gasteiger partial charge in [-0.3, -0.25) is 4.68 Å². The first kappa shape index (κ1) is 25.7. The topological polar surface area (TPSA) is 87.2 Å². The Morgan fingerprint density at radius 3 is 2.57 bits per heavy atom.